The Morgan fingerprint density at radius 2 is 1.56 bits per heavy atom. The molecular formula is C23H35N3O6. The molecule has 32 heavy (non-hydrogen) atoms. The van der Waals surface area contributed by atoms with Crippen LogP contribution in [-0.2, 0) is 25.5 Å². The van der Waals surface area contributed by atoms with Crippen LogP contribution in [0.4, 0.5) is 4.79 Å². The molecule has 9 heteroatoms. The summed E-state index contributed by atoms with van der Waals surface area (Å²) in [4.78, 5) is 49.2. The molecule has 1 aromatic carbocycles. The number of hydrogen-bond acceptors (Lipinski definition) is 5. The average molecular weight is 450 g/mol. The third kappa shape index (κ3) is 9.36. The second-order valence-corrected chi connectivity index (χ2v) is 8.83. The van der Waals surface area contributed by atoms with Crippen molar-refractivity contribution < 1.29 is 29.0 Å². The molecule has 178 valence electrons. The van der Waals surface area contributed by atoms with E-state index in [0.717, 1.165) is 5.56 Å². The highest BCUT2D eigenvalue weighted by molar-refractivity contribution is 5.93. The number of carboxylic acids is 1. The lowest BCUT2D eigenvalue weighted by Crippen LogP contribution is -2.57. The van der Waals surface area contributed by atoms with E-state index in [-0.39, 0.29) is 12.3 Å². The van der Waals surface area contributed by atoms with Crippen molar-refractivity contribution in [2.45, 2.75) is 78.1 Å². The van der Waals surface area contributed by atoms with Gasteiger partial charge >= 0.3 is 12.1 Å². The molecular weight excluding hydrogens is 414 g/mol. The quantitative estimate of drug-likeness (QED) is 0.433. The highest BCUT2D eigenvalue weighted by Gasteiger charge is 2.31. The molecule has 0 unspecified atom stereocenters. The predicted octanol–water partition coefficient (Wildman–Crippen LogP) is 2.24. The van der Waals surface area contributed by atoms with E-state index in [1.165, 1.54) is 6.92 Å². The van der Waals surface area contributed by atoms with Crippen LogP contribution in [0.1, 0.15) is 53.5 Å². The summed E-state index contributed by atoms with van der Waals surface area (Å²) < 4.78 is 5.15. The largest absolute Gasteiger partial charge is 0.480 e. The fraction of sp³-hybridized carbons (Fsp3) is 0.565. The van der Waals surface area contributed by atoms with Crippen LogP contribution in [0.2, 0.25) is 0 Å². The first-order valence-corrected chi connectivity index (χ1v) is 10.7. The summed E-state index contributed by atoms with van der Waals surface area (Å²) in [5, 5.41) is 17.1. The zero-order valence-corrected chi connectivity index (χ0v) is 19.6. The molecule has 0 saturated heterocycles. The Balaban J connectivity index is 2.96. The zero-order valence-electron chi connectivity index (χ0n) is 19.6. The van der Waals surface area contributed by atoms with Gasteiger partial charge in [0.15, 0.2) is 0 Å². The third-order valence-electron chi connectivity index (χ3n) is 4.82. The van der Waals surface area contributed by atoms with E-state index in [9.17, 15) is 24.3 Å². The molecule has 0 aliphatic carbocycles. The second kappa shape index (κ2) is 12.1. The number of hydrogen-bond donors (Lipinski definition) is 4. The maximum Gasteiger partial charge on any atom is 0.408 e. The Hall–Kier alpha value is -3.10. The van der Waals surface area contributed by atoms with E-state index in [1.807, 2.05) is 13.0 Å². The predicted molar refractivity (Wildman–Crippen MR) is 120 cm³/mol. The Kier molecular flexibility index (Phi) is 10.2. The Bertz CT molecular complexity index is 791. The maximum absolute atomic E-state index is 12.9. The molecule has 0 bridgehead atoms. The van der Waals surface area contributed by atoms with Crippen LogP contribution in [0.3, 0.4) is 0 Å². The van der Waals surface area contributed by atoms with Crippen molar-refractivity contribution in [3.63, 3.8) is 0 Å². The first kappa shape index (κ1) is 26.9. The van der Waals surface area contributed by atoms with Crippen molar-refractivity contribution in [1.29, 1.82) is 0 Å². The van der Waals surface area contributed by atoms with E-state index >= 15 is 0 Å². The summed E-state index contributed by atoms with van der Waals surface area (Å²) in [7, 11) is 0. The maximum atomic E-state index is 12.9. The Labute approximate surface area is 189 Å². The van der Waals surface area contributed by atoms with Crippen LogP contribution in [0.15, 0.2) is 30.3 Å². The standard InChI is InChI=1S/C23H35N3O6/c1-7-14(2)18(21(29)30)26-20(28)17(13-16-11-9-8-10-12-16)25-19(27)15(3)24-22(31)32-23(4,5)6/h8-12,14-15,17-18H,7,13H2,1-6H3,(H,24,31)(H,25,27)(H,26,28)(H,29,30)/t14-,15-,17-,18-/m0/s1. The van der Waals surface area contributed by atoms with E-state index in [1.54, 1.807) is 52.0 Å². The van der Waals surface area contributed by atoms with Gasteiger partial charge in [0, 0.05) is 6.42 Å². The summed E-state index contributed by atoms with van der Waals surface area (Å²) in [5.74, 6) is -2.64. The monoisotopic (exact) mass is 449 g/mol. The number of benzene rings is 1. The summed E-state index contributed by atoms with van der Waals surface area (Å²) in [6.07, 6.45) is -0.0410. The van der Waals surface area contributed by atoms with Gasteiger partial charge in [0.05, 0.1) is 0 Å². The van der Waals surface area contributed by atoms with Gasteiger partial charge in [-0.15, -0.1) is 0 Å². The number of carbonyl (C=O) groups excluding carboxylic acids is 3. The first-order valence-electron chi connectivity index (χ1n) is 10.7. The first-order chi connectivity index (χ1) is 14.8. The van der Waals surface area contributed by atoms with Gasteiger partial charge in [-0.2, -0.15) is 0 Å². The minimum absolute atomic E-state index is 0.157. The van der Waals surface area contributed by atoms with E-state index in [0.29, 0.717) is 6.42 Å². The van der Waals surface area contributed by atoms with Crippen molar-refractivity contribution >= 4 is 23.9 Å². The van der Waals surface area contributed by atoms with Gasteiger partial charge in [-0.3, -0.25) is 9.59 Å². The molecule has 4 atom stereocenters. The highest BCUT2D eigenvalue weighted by Crippen LogP contribution is 2.10. The molecule has 1 aromatic rings. The van der Waals surface area contributed by atoms with E-state index in [2.05, 4.69) is 16.0 Å². The fourth-order valence-corrected chi connectivity index (χ4v) is 2.84. The van der Waals surface area contributed by atoms with Crippen molar-refractivity contribution in [3.8, 4) is 0 Å². The number of rotatable bonds is 10. The van der Waals surface area contributed by atoms with Crippen molar-refractivity contribution in [1.82, 2.24) is 16.0 Å². The Morgan fingerprint density at radius 3 is 2.06 bits per heavy atom. The average Bonchev–Trinajstić information content (AvgIpc) is 2.69. The van der Waals surface area contributed by atoms with Gasteiger partial charge in [0.25, 0.3) is 0 Å². The molecule has 0 spiro atoms. The number of alkyl carbamates (subject to hydrolysis) is 1. The van der Waals surface area contributed by atoms with Crippen LogP contribution in [0.25, 0.3) is 0 Å². The van der Waals surface area contributed by atoms with Crippen LogP contribution >= 0.6 is 0 Å². The molecule has 0 fully saturated rings. The molecule has 0 aliphatic heterocycles. The molecule has 4 N–H and O–H groups in total. The lowest BCUT2D eigenvalue weighted by molar-refractivity contribution is -0.143. The molecule has 9 nitrogen and oxygen atoms in total. The molecule has 3 amide bonds. The van der Waals surface area contributed by atoms with Gasteiger partial charge in [0.1, 0.15) is 23.7 Å². The number of nitrogens with one attached hydrogen (secondary N) is 3. The summed E-state index contributed by atoms with van der Waals surface area (Å²) in [6.45, 7) is 10.1. The third-order valence-corrected chi connectivity index (χ3v) is 4.82. The van der Waals surface area contributed by atoms with E-state index < -0.39 is 47.6 Å². The van der Waals surface area contributed by atoms with Crippen molar-refractivity contribution in [2.24, 2.45) is 5.92 Å². The number of aliphatic carboxylic acids is 1. The smallest absolute Gasteiger partial charge is 0.408 e. The number of carboxylic acid groups (broad SMARTS) is 1. The molecule has 1 rings (SSSR count). The topological polar surface area (TPSA) is 134 Å². The fourth-order valence-electron chi connectivity index (χ4n) is 2.84. The molecule has 0 radical (unpaired) electrons. The van der Waals surface area contributed by atoms with Crippen LogP contribution < -0.4 is 16.0 Å². The molecule has 0 aliphatic rings. The van der Waals surface area contributed by atoms with Crippen LogP contribution in [0, 0.1) is 5.92 Å². The summed E-state index contributed by atoms with van der Waals surface area (Å²) >= 11 is 0. The van der Waals surface area contributed by atoms with E-state index in [4.69, 9.17) is 4.74 Å². The van der Waals surface area contributed by atoms with Crippen molar-refractivity contribution in [2.75, 3.05) is 0 Å². The second-order valence-electron chi connectivity index (χ2n) is 8.83. The number of amides is 3. The number of ether oxygens (including phenoxy) is 1. The molecule has 0 saturated carbocycles. The van der Waals surface area contributed by atoms with Gasteiger partial charge in [-0.1, -0.05) is 50.6 Å². The summed E-state index contributed by atoms with van der Waals surface area (Å²) in [6, 6.07) is 5.96. The number of carbonyl (C=O) groups is 4. The highest BCUT2D eigenvalue weighted by atomic mass is 16.6. The van der Waals surface area contributed by atoms with Gasteiger partial charge in [-0.05, 0) is 39.2 Å². The van der Waals surface area contributed by atoms with Crippen LogP contribution in [-0.4, -0.2) is 52.7 Å². The minimum atomic E-state index is -1.14. The lowest BCUT2D eigenvalue weighted by Gasteiger charge is -2.26. The summed E-state index contributed by atoms with van der Waals surface area (Å²) in [5.41, 5.74) is 0.0637. The lowest BCUT2D eigenvalue weighted by atomic mass is 9.98. The van der Waals surface area contributed by atoms with Crippen molar-refractivity contribution in [3.05, 3.63) is 35.9 Å². The zero-order chi connectivity index (χ0) is 24.5. The Morgan fingerprint density at radius 1 is 0.969 bits per heavy atom. The molecule has 0 heterocycles. The van der Waals surface area contributed by atoms with Crippen LogP contribution in [0.5, 0.6) is 0 Å². The minimum Gasteiger partial charge on any atom is -0.480 e. The van der Waals surface area contributed by atoms with Gasteiger partial charge in [-0.25, -0.2) is 9.59 Å². The molecule has 0 aromatic heterocycles. The van der Waals surface area contributed by atoms with Gasteiger partial charge in [0.2, 0.25) is 11.8 Å². The SMILES string of the molecule is CC[C@H](C)[C@H](NC(=O)[C@H](Cc1ccccc1)NC(=O)[C@H](C)NC(=O)OC(C)(C)C)C(=O)O. The van der Waals surface area contributed by atoms with Gasteiger partial charge < -0.3 is 25.8 Å². The normalized spacial score (nSPS) is 14.9.